The van der Waals surface area contributed by atoms with Gasteiger partial charge in [-0.25, -0.2) is 4.98 Å². The Bertz CT molecular complexity index is 1320. The van der Waals surface area contributed by atoms with Gasteiger partial charge in [-0.2, -0.15) is 0 Å². The van der Waals surface area contributed by atoms with Crippen molar-refractivity contribution in [1.29, 1.82) is 0 Å². The van der Waals surface area contributed by atoms with Gasteiger partial charge in [0.15, 0.2) is 0 Å². The summed E-state index contributed by atoms with van der Waals surface area (Å²) >= 11 is 0. The standard InChI is InChI=1S/C26H23N3O4/c1-32-19-13-17-11-12-29(26(31)22-15-27-20-5-3-4-6-21(20)28-22)25(24(17)23(14-19)33-2)16-7-9-18(30)10-8-16/h3-10,13-15,25,30H,11-12H2,1-2H3. The van der Waals surface area contributed by atoms with E-state index in [1.165, 1.54) is 6.20 Å². The largest absolute Gasteiger partial charge is 0.508 e. The summed E-state index contributed by atoms with van der Waals surface area (Å²) in [4.78, 5) is 24.5. The van der Waals surface area contributed by atoms with E-state index in [0.29, 0.717) is 30.0 Å². The first-order chi connectivity index (χ1) is 16.1. The molecule has 7 nitrogen and oxygen atoms in total. The predicted molar refractivity (Wildman–Crippen MR) is 124 cm³/mol. The molecular weight excluding hydrogens is 418 g/mol. The highest BCUT2D eigenvalue weighted by atomic mass is 16.5. The van der Waals surface area contributed by atoms with Crippen LogP contribution in [0.2, 0.25) is 0 Å². The number of carbonyl (C=O) groups excluding carboxylic acids is 1. The highest BCUT2D eigenvalue weighted by molar-refractivity contribution is 5.94. The van der Waals surface area contributed by atoms with Gasteiger partial charge in [0.1, 0.15) is 22.9 Å². The zero-order valence-electron chi connectivity index (χ0n) is 18.4. The Morgan fingerprint density at radius 3 is 2.52 bits per heavy atom. The molecule has 0 saturated carbocycles. The lowest BCUT2D eigenvalue weighted by molar-refractivity contribution is 0.0686. The van der Waals surface area contributed by atoms with Crippen LogP contribution >= 0.6 is 0 Å². The van der Waals surface area contributed by atoms with E-state index in [1.54, 1.807) is 31.3 Å². The van der Waals surface area contributed by atoms with Crippen LogP contribution in [0.25, 0.3) is 11.0 Å². The number of nitrogens with zero attached hydrogens (tertiary/aromatic N) is 3. The Kier molecular flexibility index (Phi) is 5.30. The van der Waals surface area contributed by atoms with E-state index < -0.39 is 6.04 Å². The first kappa shape index (κ1) is 20.8. The van der Waals surface area contributed by atoms with Gasteiger partial charge in [0, 0.05) is 18.2 Å². The second kappa shape index (κ2) is 8.43. The Morgan fingerprint density at radius 2 is 1.79 bits per heavy atom. The van der Waals surface area contributed by atoms with Gasteiger partial charge >= 0.3 is 0 Å². The number of carbonyl (C=O) groups is 1. The Hall–Kier alpha value is -4.13. The molecule has 4 aromatic rings. The zero-order chi connectivity index (χ0) is 22.9. The van der Waals surface area contributed by atoms with Crippen LogP contribution < -0.4 is 9.47 Å². The molecule has 1 aromatic heterocycles. The molecule has 33 heavy (non-hydrogen) atoms. The number of phenols is 1. The minimum Gasteiger partial charge on any atom is -0.508 e. The molecule has 0 radical (unpaired) electrons. The topological polar surface area (TPSA) is 84.8 Å². The number of fused-ring (bicyclic) bond motifs is 2. The Labute approximate surface area is 191 Å². The molecule has 1 N–H and O–H groups in total. The molecule has 1 aliphatic heterocycles. The van der Waals surface area contributed by atoms with Gasteiger partial charge in [-0.3, -0.25) is 9.78 Å². The number of benzene rings is 3. The molecule has 0 bridgehead atoms. The van der Waals surface area contributed by atoms with E-state index in [1.807, 2.05) is 48.5 Å². The van der Waals surface area contributed by atoms with Crippen LogP contribution in [-0.2, 0) is 6.42 Å². The fraction of sp³-hybridized carbons (Fsp3) is 0.192. The number of amides is 1. The third-order valence-corrected chi connectivity index (χ3v) is 6.00. The summed E-state index contributed by atoms with van der Waals surface area (Å²) in [5.41, 5.74) is 4.51. The van der Waals surface area contributed by atoms with Crippen molar-refractivity contribution in [2.75, 3.05) is 20.8 Å². The van der Waals surface area contributed by atoms with E-state index in [0.717, 1.165) is 22.2 Å². The van der Waals surface area contributed by atoms with Crippen molar-refractivity contribution in [1.82, 2.24) is 14.9 Å². The van der Waals surface area contributed by atoms with Crippen LogP contribution in [-0.4, -0.2) is 46.6 Å². The number of aromatic hydroxyl groups is 1. The second-order valence-electron chi connectivity index (χ2n) is 7.89. The molecular formula is C26H23N3O4. The minimum absolute atomic E-state index is 0.162. The molecule has 5 rings (SSSR count). The number of ether oxygens (including phenoxy) is 2. The second-order valence-corrected chi connectivity index (χ2v) is 7.89. The van der Waals surface area contributed by atoms with Crippen molar-refractivity contribution >= 4 is 16.9 Å². The molecule has 1 unspecified atom stereocenters. The Morgan fingerprint density at radius 1 is 1.03 bits per heavy atom. The average Bonchev–Trinajstić information content (AvgIpc) is 2.87. The summed E-state index contributed by atoms with van der Waals surface area (Å²) in [7, 11) is 3.23. The van der Waals surface area contributed by atoms with Crippen LogP contribution in [0.5, 0.6) is 17.2 Å². The number of rotatable bonds is 4. The lowest BCUT2D eigenvalue weighted by atomic mass is 9.86. The molecule has 3 aromatic carbocycles. The smallest absolute Gasteiger partial charge is 0.274 e. The SMILES string of the molecule is COc1cc2c(c(OC)c1)C(c1ccc(O)cc1)N(C(=O)c1cnc3ccccc3n1)CC2. The lowest BCUT2D eigenvalue weighted by Gasteiger charge is -2.38. The van der Waals surface area contributed by atoms with E-state index in [4.69, 9.17) is 9.47 Å². The third-order valence-electron chi connectivity index (χ3n) is 6.00. The van der Waals surface area contributed by atoms with Gasteiger partial charge in [0.25, 0.3) is 5.91 Å². The van der Waals surface area contributed by atoms with Gasteiger partial charge in [-0.15, -0.1) is 0 Å². The summed E-state index contributed by atoms with van der Waals surface area (Å²) in [5, 5.41) is 9.83. The maximum atomic E-state index is 13.7. The Balaban J connectivity index is 1.64. The van der Waals surface area contributed by atoms with Crippen molar-refractivity contribution in [3.63, 3.8) is 0 Å². The number of methoxy groups -OCH3 is 2. The zero-order valence-corrected chi connectivity index (χ0v) is 18.4. The van der Waals surface area contributed by atoms with Crippen LogP contribution in [0.1, 0.15) is 33.2 Å². The van der Waals surface area contributed by atoms with E-state index in [9.17, 15) is 9.90 Å². The maximum Gasteiger partial charge on any atom is 0.274 e. The monoisotopic (exact) mass is 441 g/mol. The van der Waals surface area contributed by atoms with Crippen molar-refractivity contribution in [2.24, 2.45) is 0 Å². The molecule has 1 atom stereocenters. The highest BCUT2D eigenvalue weighted by Gasteiger charge is 2.36. The van der Waals surface area contributed by atoms with E-state index in [-0.39, 0.29) is 17.4 Å². The molecule has 0 fully saturated rings. The summed E-state index contributed by atoms with van der Waals surface area (Å²) < 4.78 is 11.2. The normalized spacial score (nSPS) is 15.2. The number of hydrogen-bond donors (Lipinski definition) is 1. The van der Waals surface area contributed by atoms with Crippen molar-refractivity contribution in [2.45, 2.75) is 12.5 Å². The summed E-state index contributed by atoms with van der Waals surface area (Å²) in [5.74, 6) is 1.30. The average molecular weight is 441 g/mol. The van der Waals surface area contributed by atoms with E-state index >= 15 is 0 Å². The number of hydrogen-bond acceptors (Lipinski definition) is 6. The number of phenolic OH excluding ortho intramolecular Hbond substituents is 1. The number of para-hydroxylation sites is 2. The molecule has 7 heteroatoms. The fourth-order valence-electron chi connectivity index (χ4n) is 4.42. The van der Waals surface area contributed by atoms with Crippen molar-refractivity contribution in [3.8, 4) is 17.2 Å². The molecule has 0 saturated heterocycles. The third kappa shape index (κ3) is 3.71. The van der Waals surface area contributed by atoms with Gasteiger partial charge in [-0.05, 0) is 47.9 Å². The maximum absolute atomic E-state index is 13.7. The van der Waals surface area contributed by atoms with Crippen LogP contribution in [0.15, 0.2) is 66.9 Å². The quantitative estimate of drug-likeness (QED) is 0.512. The lowest BCUT2D eigenvalue weighted by Crippen LogP contribution is -2.41. The van der Waals surface area contributed by atoms with Gasteiger partial charge in [0.05, 0.1) is 37.5 Å². The van der Waals surface area contributed by atoms with Crippen LogP contribution in [0, 0.1) is 0 Å². The summed E-state index contributed by atoms with van der Waals surface area (Å²) in [6.07, 6.45) is 2.17. The first-order valence-electron chi connectivity index (χ1n) is 10.7. The van der Waals surface area contributed by atoms with Crippen LogP contribution in [0.3, 0.4) is 0 Å². The fourth-order valence-corrected chi connectivity index (χ4v) is 4.42. The van der Waals surface area contributed by atoms with E-state index in [2.05, 4.69) is 9.97 Å². The first-order valence-corrected chi connectivity index (χ1v) is 10.7. The van der Waals surface area contributed by atoms with Crippen molar-refractivity contribution in [3.05, 3.63) is 89.2 Å². The van der Waals surface area contributed by atoms with Gasteiger partial charge < -0.3 is 19.5 Å². The summed E-state index contributed by atoms with van der Waals surface area (Å²) in [6.45, 7) is 0.488. The van der Waals surface area contributed by atoms with Crippen LogP contribution in [0.4, 0.5) is 0 Å². The molecule has 1 amide bonds. The summed E-state index contributed by atoms with van der Waals surface area (Å²) in [6, 6.07) is 17.8. The van der Waals surface area contributed by atoms with Crippen molar-refractivity contribution < 1.29 is 19.4 Å². The number of aromatic nitrogens is 2. The van der Waals surface area contributed by atoms with Gasteiger partial charge in [0.2, 0.25) is 0 Å². The molecule has 2 heterocycles. The molecule has 166 valence electrons. The predicted octanol–water partition coefficient (Wildman–Crippen LogP) is 4.14. The molecule has 1 aliphatic rings. The highest BCUT2D eigenvalue weighted by Crippen LogP contribution is 2.43. The minimum atomic E-state index is -0.420. The van der Waals surface area contributed by atoms with Gasteiger partial charge in [-0.1, -0.05) is 24.3 Å². The molecule has 0 spiro atoms. The molecule has 0 aliphatic carbocycles.